The fourth-order valence-corrected chi connectivity index (χ4v) is 2.28. The number of hydrogen-bond acceptors (Lipinski definition) is 4. The Morgan fingerprint density at radius 3 is 2.31 bits per heavy atom. The first-order valence-electron chi connectivity index (χ1n) is 4.38. The molecule has 0 radical (unpaired) electrons. The highest BCUT2D eigenvalue weighted by molar-refractivity contribution is 7.98. The standard InChI is InChI=1S/C9H8Cl2N4S/c1-15-8(13-14-9(15)16-2)5-3-6(10)12-7(11)4-5/h3-4H,1-2H3. The van der Waals surface area contributed by atoms with Crippen molar-refractivity contribution in [2.75, 3.05) is 6.26 Å². The lowest BCUT2D eigenvalue weighted by molar-refractivity contribution is 0.795. The maximum atomic E-state index is 5.83. The van der Waals surface area contributed by atoms with Crippen molar-refractivity contribution in [3.8, 4) is 11.4 Å². The van der Waals surface area contributed by atoms with Crippen molar-refractivity contribution >= 4 is 35.0 Å². The van der Waals surface area contributed by atoms with E-state index in [0.29, 0.717) is 10.3 Å². The smallest absolute Gasteiger partial charge is 0.190 e. The van der Waals surface area contributed by atoms with Crippen molar-refractivity contribution < 1.29 is 0 Å². The molecule has 0 aliphatic heterocycles. The third kappa shape index (κ3) is 2.16. The van der Waals surface area contributed by atoms with Crippen LogP contribution in [0.5, 0.6) is 0 Å². The Morgan fingerprint density at radius 2 is 1.81 bits per heavy atom. The van der Waals surface area contributed by atoms with E-state index in [9.17, 15) is 0 Å². The molecule has 0 spiro atoms. The average molecular weight is 275 g/mol. The van der Waals surface area contributed by atoms with E-state index in [1.54, 1.807) is 12.1 Å². The zero-order valence-corrected chi connectivity index (χ0v) is 10.9. The summed E-state index contributed by atoms with van der Waals surface area (Å²) >= 11 is 13.2. The van der Waals surface area contributed by atoms with Crippen molar-refractivity contribution in [3.05, 3.63) is 22.4 Å². The molecule has 4 nitrogen and oxygen atoms in total. The van der Waals surface area contributed by atoms with Crippen LogP contribution in [-0.2, 0) is 7.05 Å². The summed E-state index contributed by atoms with van der Waals surface area (Å²) in [6, 6.07) is 3.42. The molecule has 0 fully saturated rings. The Labute approximate surface area is 107 Å². The lowest BCUT2D eigenvalue weighted by Gasteiger charge is -2.03. The lowest BCUT2D eigenvalue weighted by Crippen LogP contribution is -1.94. The summed E-state index contributed by atoms with van der Waals surface area (Å²) in [7, 11) is 1.89. The van der Waals surface area contributed by atoms with Gasteiger partial charge in [0.25, 0.3) is 0 Å². The molecule has 0 aromatic carbocycles. The second-order valence-electron chi connectivity index (χ2n) is 3.07. The molecule has 7 heteroatoms. The largest absolute Gasteiger partial charge is 0.305 e. The van der Waals surface area contributed by atoms with Gasteiger partial charge in [-0.25, -0.2) is 4.98 Å². The number of pyridine rings is 1. The van der Waals surface area contributed by atoms with Gasteiger partial charge < -0.3 is 4.57 Å². The Hall–Kier alpha value is -0.780. The fourth-order valence-electron chi connectivity index (χ4n) is 1.34. The van der Waals surface area contributed by atoms with Crippen LogP contribution in [0.3, 0.4) is 0 Å². The van der Waals surface area contributed by atoms with E-state index in [2.05, 4.69) is 15.2 Å². The van der Waals surface area contributed by atoms with E-state index < -0.39 is 0 Å². The quantitative estimate of drug-likeness (QED) is 0.624. The molecular weight excluding hydrogens is 267 g/mol. The summed E-state index contributed by atoms with van der Waals surface area (Å²) in [4.78, 5) is 3.88. The van der Waals surface area contributed by atoms with Crippen LogP contribution in [0.25, 0.3) is 11.4 Å². The first-order chi connectivity index (χ1) is 7.61. The van der Waals surface area contributed by atoms with Crippen LogP contribution in [0.2, 0.25) is 10.3 Å². The zero-order valence-electron chi connectivity index (χ0n) is 8.61. The summed E-state index contributed by atoms with van der Waals surface area (Å²) in [6.45, 7) is 0. The summed E-state index contributed by atoms with van der Waals surface area (Å²) in [5.74, 6) is 0.718. The molecule has 0 saturated heterocycles. The highest BCUT2D eigenvalue weighted by atomic mass is 35.5. The molecule has 2 aromatic heterocycles. The molecule has 0 aliphatic rings. The number of halogens is 2. The van der Waals surface area contributed by atoms with Crippen LogP contribution in [-0.4, -0.2) is 26.0 Å². The molecular formula is C9H8Cl2N4S. The second-order valence-corrected chi connectivity index (χ2v) is 4.62. The maximum Gasteiger partial charge on any atom is 0.190 e. The maximum absolute atomic E-state index is 5.83. The fraction of sp³-hybridized carbons (Fsp3) is 0.222. The highest BCUT2D eigenvalue weighted by Crippen LogP contribution is 2.25. The van der Waals surface area contributed by atoms with Gasteiger partial charge in [0.15, 0.2) is 11.0 Å². The first kappa shape index (κ1) is 11.7. The minimum Gasteiger partial charge on any atom is -0.305 e. The van der Waals surface area contributed by atoms with Gasteiger partial charge in [-0.1, -0.05) is 35.0 Å². The van der Waals surface area contributed by atoms with E-state index in [-0.39, 0.29) is 0 Å². The van der Waals surface area contributed by atoms with Crippen molar-refractivity contribution in [2.24, 2.45) is 7.05 Å². The third-order valence-electron chi connectivity index (χ3n) is 2.04. The molecule has 2 rings (SSSR count). The van der Waals surface area contributed by atoms with Gasteiger partial charge in [-0.05, 0) is 18.4 Å². The minimum absolute atomic E-state index is 0.344. The predicted molar refractivity (Wildman–Crippen MR) is 66.0 cm³/mol. The number of thioether (sulfide) groups is 1. The molecule has 2 aromatic rings. The van der Waals surface area contributed by atoms with Crippen molar-refractivity contribution in [2.45, 2.75) is 5.16 Å². The summed E-state index contributed by atoms with van der Waals surface area (Å²) in [5, 5.41) is 9.65. The number of hydrogen-bond donors (Lipinski definition) is 0. The predicted octanol–water partition coefficient (Wildman–Crippen LogP) is 2.91. The number of rotatable bonds is 2. The molecule has 0 aliphatic carbocycles. The normalized spacial score (nSPS) is 10.8. The number of aromatic nitrogens is 4. The van der Waals surface area contributed by atoms with Crippen LogP contribution in [0.4, 0.5) is 0 Å². The molecule has 0 N–H and O–H groups in total. The van der Waals surface area contributed by atoms with Gasteiger partial charge in [0.1, 0.15) is 10.3 Å². The van der Waals surface area contributed by atoms with E-state index in [1.165, 1.54) is 11.8 Å². The van der Waals surface area contributed by atoms with Crippen LogP contribution >= 0.6 is 35.0 Å². The molecule has 0 unspecified atom stereocenters. The zero-order chi connectivity index (χ0) is 11.7. The topological polar surface area (TPSA) is 43.6 Å². The summed E-state index contributed by atoms with van der Waals surface area (Å²) < 4.78 is 1.88. The SMILES string of the molecule is CSc1nnc(-c2cc(Cl)nc(Cl)c2)n1C. The number of nitrogens with zero attached hydrogens (tertiary/aromatic N) is 4. The lowest BCUT2D eigenvalue weighted by atomic mass is 10.2. The Kier molecular flexibility index (Phi) is 3.37. The Bertz CT molecular complexity index is 506. The van der Waals surface area contributed by atoms with Gasteiger partial charge in [0, 0.05) is 12.6 Å². The van der Waals surface area contributed by atoms with E-state index >= 15 is 0 Å². The Morgan fingerprint density at radius 1 is 1.19 bits per heavy atom. The Balaban J connectivity index is 2.54. The molecule has 0 saturated carbocycles. The van der Waals surface area contributed by atoms with Gasteiger partial charge in [0.2, 0.25) is 0 Å². The van der Waals surface area contributed by atoms with Crippen LogP contribution in [0.1, 0.15) is 0 Å². The first-order valence-corrected chi connectivity index (χ1v) is 6.36. The van der Waals surface area contributed by atoms with Gasteiger partial charge in [-0.2, -0.15) is 0 Å². The average Bonchev–Trinajstić information content (AvgIpc) is 2.58. The van der Waals surface area contributed by atoms with Gasteiger partial charge in [-0.3, -0.25) is 0 Å². The van der Waals surface area contributed by atoms with Crippen molar-refractivity contribution in [3.63, 3.8) is 0 Å². The van der Waals surface area contributed by atoms with Crippen molar-refractivity contribution in [1.82, 2.24) is 19.7 Å². The summed E-state index contributed by atoms with van der Waals surface area (Å²) in [5.41, 5.74) is 0.806. The molecule has 2 heterocycles. The molecule has 16 heavy (non-hydrogen) atoms. The molecule has 0 bridgehead atoms. The van der Waals surface area contributed by atoms with Crippen LogP contribution < -0.4 is 0 Å². The van der Waals surface area contributed by atoms with Crippen molar-refractivity contribution in [1.29, 1.82) is 0 Å². The molecule has 0 amide bonds. The van der Waals surface area contributed by atoms with Gasteiger partial charge in [-0.15, -0.1) is 10.2 Å². The van der Waals surface area contributed by atoms with Gasteiger partial charge >= 0.3 is 0 Å². The molecule has 84 valence electrons. The van der Waals surface area contributed by atoms with Gasteiger partial charge in [0.05, 0.1) is 0 Å². The van der Waals surface area contributed by atoms with E-state index in [0.717, 1.165) is 16.5 Å². The van der Waals surface area contributed by atoms with E-state index in [4.69, 9.17) is 23.2 Å². The van der Waals surface area contributed by atoms with Crippen LogP contribution in [0, 0.1) is 0 Å². The third-order valence-corrected chi connectivity index (χ3v) is 3.15. The molecule has 0 atom stereocenters. The second kappa shape index (κ2) is 4.61. The van der Waals surface area contributed by atoms with Crippen LogP contribution in [0.15, 0.2) is 17.3 Å². The van der Waals surface area contributed by atoms with E-state index in [1.807, 2.05) is 17.9 Å². The summed E-state index contributed by atoms with van der Waals surface area (Å²) in [6.07, 6.45) is 1.94. The monoisotopic (exact) mass is 274 g/mol. The minimum atomic E-state index is 0.344. The highest BCUT2D eigenvalue weighted by Gasteiger charge is 2.11.